The van der Waals surface area contributed by atoms with Crippen molar-refractivity contribution in [1.29, 1.82) is 0 Å². The van der Waals surface area contributed by atoms with Crippen LogP contribution in [0, 0.1) is 0 Å². The molecule has 0 saturated heterocycles. The lowest BCUT2D eigenvalue weighted by Gasteiger charge is -2.03. The summed E-state index contributed by atoms with van der Waals surface area (Å²) in [6.45, 7) is 2.08. The Hall–Kier alpha value is -0.960. The molecule has 1 unspecified atom stereocenters. The maximum atomic E-state index is 4.51. The smallest absolute Gasteiger partial charge is 0.123 e. The summed E-state index contributed by atoms with van der Waals surface area (Å²) in [6, 6.07) is 8.60. The van der Waals surface area contributed by atoms with Gasteiger partial charge in [0.05, 0.1) is 6.04 Å². The molecule has 1 aliphatic heterocycles. The van der Waals surface area contributed by atoms with E-state index >= 15 is 0 Å². The summed E-state index contributed by atoms with van der Waals surface area (Å²) in [7, 11) is 0. The van der Waals surface area contributed by atoms with E-state index in [1.165, 1.54) is 5.56 Å². The molecule has 78 valence electrons. The molecule has 0 fully saturated rings. The average molecular weight is 265 g/mol. The van der Waals surface area contributed by atoms with Crippen LogP contribution in [0.4, 0.5) is 0 Å². The molecule has 1 aromatic carbocycles. The predicted molar refractivity (Wildman–Crippen MR) is 67.9 cm³/mol. The van der Waals surface area contributed by atoms with Gasteiger partial charge in [-0.25, -0.2) is 4.99 Å². The lowest BCUT2D eigenvalue weighted by atomic mass is 10.1. The van der Waals surface area contributed by atoms with Crippen molar-refractivity contribution in [3.05, 3.63) is 34.3 Å². The van der Waals surface area contributed by atoms with Gasteiger partial charge in [-0.05, 0) is 24.1 Å². The van der Waals surface area contributed by atoms with Gasteiger partial charge in [0.25, 0.3) is 0 Å². The molecular formula is C12H13BrN2. The second-order valence-corrected chi connectivity index (χ2v) is 4.49. The van der Waals surface area contributed by atoms with Crippen LogP contribution in [0.15, 0.2) is 38.7 Å². The van der Waals surface area contributed by atoms with Gasteiger partial charge in [-0.15, -0.1) is 0 Å². The molecule has 0 spiro atoms. The molecule has 0 aromatic heterocycles. The topological polar surface area (TPSA) is 24.7 Å². The standard InChI is InChI=1S/C12H13BrN2/c1-2-12-14-8-11(15-12)7-9-3-5-10(13)6-4-9/h3-6,8,11H,2,7H2,1H3. The molecular weight excluding hydrogens is 252 g/mol. The van der Waals surface area contributed by atoms with E-state index in [-0.39, 0.29) is 6.04 Å². The Bertz CT molecular complexity index is 393. The van der Waals surface area contributed by atoms with Crippen LogP contribution in [0.1, 0.15) is 18.9 Å². The van der Waals surface area contributed by atoms with E-state index < -0.39 is 0 Å². The summed E-state index contributed by atoms with van der Waals surface area (Å²) in [6.07, 6.45) is 3.81. The van der Waals surface area contributed by atoms with Crippen molar-refractivity contribution in [2.24, 2.45) is 9.98 Å². The van der Waals surface area contributed by atoms with Crippen molar-refractivity contribution in [2.75, 3.05) is 0 Å². The van der Waals surface area contributed by atoms with Crippen molar-refractivity contribution >= 4 is 28.0 Å². The van der Waals surface area contributed by atoms with Gasteiger partial charge in [0.1, 0.15) is 5.84 Å². The summed E-state index contributed by atoms with van der Waals surface area (Å²) < 4.78 is 1.11. The Balaban J connectivity index is 2.02. The van der Waals surface area contributed by atoms with Gasteiger partial charge in [0.2, 0.25) is 0 Å². The van der Waals surface area contributed by atoms with Gasteiger partial charge in [-0.1, -0.05) is 35.0 Å². The van der Waals surface area contributed by atoms with Crippen molar-refractivity contribution in [3.63, 3.8) is 0 Å². The molecule has 0 N–H and O–H groups in total. The molecule has 1 heterocycles. The summed E-state index contributed by atoms with van der Waals surface area (Å²) in [4.78, 5) is 8.77. The number of aliphatic imine (C=N–C) groups is 2. The minimum absolute atomic E-state index is 0.237. The number of nitrogens with zero attached hydrogens (tertiary/aromatic N) is 2. The molecule has 1 aromatic rings. The van der Waals surface area contributed by atoms with Crippen LogP contribution in [0.5, 0.6) is 0 Å². The Morgan fingerprint density at radius 2 is 2.00 bits per heavy atom. The van der Waals surface area contributed by atoms with Crippen LogP contribution < -0.4 is 0 Å². The largest absolute Gasteiger partial charge is 0.261 e. The quantitative estimate of drug-likeness (QED) is 0.801. The van der Waals surface area contributed by atoms with Gasteiger partial charge < -0.3 is 0 Å². The third kappa shape index (κ3) is 2.75. The Labute approximate surface area is 98.3 Å². The van der Waals surface area contributed by atoms with Crippen molar-refractivity contribution in [1.82, 2.24) is 0 Å². The van der Waals surface area contributed by atoms with Crippen LogP contribution in [-0.4, -0.2) is 18.1 Å². The van der Waals surface area contributed by atoms with Crippen LogP contribution in [-0.2, 0) is 6.42 Å². The first-order valence-corrected chi connectivity index (χ1v) is 5.92. The molecule has 3 heteroatoms. The normalized spacial score (nSPS) is 19.3. The third-order valence-corrected chi connectivity index (χ3v) is 2.91. The van der Waals surface area contributed by atoms with Gasteiger partial charge in [0.15, 0.2) is 0 Å². The summed E-state index contributed by atoms with van der Waals surface area (Å²) in [5, 5.41) is 0. The third-order valence-electron chi connectivity index (χ3n) is 2.38. The number of benzene rings is 1. The second-order valence-electron chi connectivity index (χ2n) is 3.57. The first-order chi connectivity index (χ1) is 7.28. The van der Waals surface area contributed by atoms with Crippen LogP contribution in [0.3, 0.4) is 0 Å². The van der Waals surface area contributed by atoms with Crippen molar-refractivity contribution in [2.45, 2.75) is 25.8 Å². The molecule has 0 bridgehead atoms. The highest BCUT2D eigenvalue weighted by Gasteiger charge is 2.11. The van der Waals surface area contributed by atoms with Crippen LogP contribution >= 0.6 is 15.9 Å². The van der Waals surface area contributed by atoms with Gasteiger partial charge >= 0.3 is 0 Å². The zero-order chi connectivity index (χ0) is 10.7. The first-order valence-electron chi connectivity index (χ1n) is 5.13. The van der Waals surface area contributed by atoms with Crippen molar-refractivity contribution < 1.29 is 0 Å². The lowest BCUT2D eigenvalue weighted by Crippen LogP contribution is -2.07. The minimum atomic E-state index is 0.237. The summed E-state index contributed by atoms with van der Waals surface area (Å²) in [5.41, 5.74) is 1.30. The summed E-state index contributed by atoms with van der Waals surface area (Å²) >= 11 is 3.43. The highest BCUT2D eigenvalue weighted by molar-refractivity contribution is 9.10. The molecule has 0 aliphatic carbocycles. The number of rotatable bonds is 3. The highest BCUT2D eigenvalue weighted by atomic mass is 79.9. The fraction of sp³-hybridized carbons (Fsp3) is 0.333. The summed E-state index contributed by atoms with van der Waals surface area (Å²) in [5.74, 6) is 0.970. The van der Waals surface area contributed by atoms with Crippen molar-refractivity contribution in [3.8, 4) is 0 Å². The zero-order valence-corrected chi connectivity index (χ0v) is 10.2. The monoisotopic (exact) mass is 264 g/mol. The lowest BCUT2D eigenvalue weighted by molar-refractivity contribution is 0.876. The molecule has 0 radical (unpaired) electrons. The fourth-order valence-electron chi connectivity index (χ4n) is 1.57. The maximum absolute atomic E-state index is 4.51. The second kappa shape index (κ2) is 4.71. The van der Waals surface area contributed by atoms with E-state index in [2.05, 4.69) is 57.1 Å². The molecule has 0 saturated carbocycles. The number of amidine groups is 1. The Kier molecular flexibility index (Phi) is 3.31. The van der Waals surface area contributed by atoms with E-state index in [0.29, 0.717) is 0 Å². The van der Waals surface area contributed by atoms with E-state index in [0.717, 1.165) is 23.1 Å². The average Bonchev–Trinajstić information content (AvgIpc) is 2.69. The zero-order valence-electron chi connectivity index (χ0n) is 8.65. The van der Waals surface area contributed by atoms with Gasteiger partial charge in [0, 0.05) is 17.1 Å². The molecule has 1 atom stereocenters. The maximum Gasteiger partial charge on any atom is 0.123 e. The number of hydrogen-bond donors (Lipinski definition) is 0. The molecule has 15 heavy (non-hydrogen) atoms. The van der Waals surface area contributed by atoms with Crippen LogP contribution in [0.2, 0.25) is 0 Å². The minimum Gasteiger partial charge on any atom is -0.261 e. The molecule has 1 aliphatic rings. The van der Waals surface area contributed by atoms with Gasteiger partial charge in [-0.3, -0.25) is 4.99 Å². The number of hydrogen-bond acceptors (Lipinski definition) is 2. The number of halogens is 1. The first kappa shape index (κ1) is 10.6. The van der Waals surface area contributed by atoms with Gasteiger partial charge in [-0.2, -0.15) is 0 Å². The van der Waals surface area contributed by atoms with E-state index in [1.54, 1.807) is 0 Å². The molecule has 2 nitrogen and oxygen atoms in total. The van der Waals surface area contributed by atoms with E-state index in [9.17, 15) is 0 Å². The fourth-order valence-corrected chi connectivity index (χ4v) is 1.84. The van der Waals surface area contributed by atoms with E-state index in [4.69, 9.17) is 0 Å². The van der Waals surface area contributed by atoms with E-state index in [1.807, 2.05) is 6.21 Å². The molecule has 0 amide bonds. The predicted octanol–water partition coefficient (Wildman–Crippen LogP) is 3.25. The highest BCUT2D eigenvalue weighted by Crippen LogP contribution is 2.14. The van der Waals surface area contributed by atoms with Crippen LogP contribution in [0.25, 0.3) is 0 Å². The SMILES string of the molecule is CCC1=NC(Cc2ccc(Br)cc2)C=N1. The molecule has 2 rings (SSSR count). The Morgan fingerprint density at radius 1 is 1.27 bits per heavy atom. The Morgan fingerprint density at radius 3 is 2.60 bits per heavy atom.